The Bertz CT molecular complexity index is 3670. The summed E-state index contributed by atoms with van der Waals surface area (Å²) in [5.41, 5.74) is 15.8. The average Bonchev–Trinajstić information content (AvgIpc) is 0.809. The maximum Gasteiger partial charge on any atom is 0.161 e. The highest BCUT2D eigenvalue weighted by molar-refractivity contribution is 5.61. The predicted molar refractivity (Wildman–Crippen MR) is 383 cm³/mol. The Labute approximate surface area is 568 Å². The Kier molecular flexibility index (Phi) is 21.2. The summed E-state index contributed by atoms with van der Waals surface area (Å²) >= 11 is 0. The molecule has 11 nitrogen and oxygen atoms in total. The van der Waals surface area contributed by atoms with Crippen LogP contribution >= 0.6 is 0 Å². The van der Waals surface area contributed by atoms with E-state index in [1.807, 2.05) is 24.3 Å². The first-order chi connectivity index (χ1) is 44.7. The maximum atomic E-state index is 13.3. The highest BCUT2D eigenvalue weighted by Gasteiger charge is 2.31. The number of hydrogen-bond acceptors (Lipinski definition) is 11. The van der Waals surface area contributed by atoms with E-state index in [1.54, 1.807) is 0 Å². The minimum absolute atomic E-state index is 0.190. The second-order valence-electron chi connectivity index (χ2n) is 32.7. The molecule has 14 bridgehead atoms. The van der Waals surface area contributed by atoms with E-state index in [-0.39, 0.29) is 83.6 Å². The van der Waals surface area contributed by atoms with E-state index in [9.17, 15) is 10.2 Å². The number of rotatable bonds is 0. The molecule has 0 amide bonds. The highest BCUT2D eigenvalue weighted by atomic mass is 16.6. The fraction of sp³-hybridized carbons (Fsp3) is 0.500. The molecule has 0 radical (unpaired) electrons. The molecule has 7 aromatic rings. The van der Waals surface area contributed by atoms with Crippen molar-refractivity contribution >= 4 is 0 Å². The summed E-state index contributed by atoms with van der Waals surface area (Å²) in [5, 5.41) is 26.6. The summed E-state index contributed by atoms with van der Waals surface area (Å²) in [6.07, 6.45) is 2.32. The summed E-state index contributed by atoms with van der Waals surface area (Å²) < 4.78 is 60.9. The Morgan fingerprint density at radius 2 is 0.400 bits per heavy atom. The van der Waals surface area contributed by atoms with E-state index in [0.717, 1.165) is 117 Å². The topological polar surface area (TPSA) is 124 Å². The Morgan fingerprint density at radius 1 is 0.232 bits per heavy atom. The van der Waals surface area contributed by atoms with Crippen LogP contribution in [-0.2, 0) is 85.2 Å². The summed E-state index contributed by atoms with van der Waals surface area (Å²) in [5.74, 6) is 4.56. The molecule has 510 valence electrons. The predicted octanol–water partition coefficient (Wildman–Crippen LogP) is 17.8. The van der Waals surface area contributed by atoms with Crippen LogP contribution in [0.2, 0.25) is 0 Å². The molecule has 3 heterocycles. The van der Waals surface area contributed by atoms with E-state index in [1.165, 1.54) is 0 Å². The number of phenolic OH excluding ortho intramolecular Hbond substituents is 2. The van der Waals surface area contributed by atoms with Crippen molar-refractivity contribution in [3.8, 4) is 46.0 Å². The third kappa shape index (κ3) is 17.3. The second kappa shape index (κ2) is 28.5. The fourth-order valence-corrected chi connectivity index (χ4v) is 12.9. The molecule has 0 saturated carbocycles. The van der Waals surface area contributed by atoms with E-state index in [0.29, 0.717) is 95.4 Å². The third-order valence-electron chi connectivity index (χ3n) is 18.7. The molecule has 0 saturated heterocycles. The van der Waals surface area contributed by atoms with Crippen molar-refractivity contribution in [1.29, 1.82) is 0 Å². The maximum absolute atomic E-state index is 13.3. The summed E-state index contributed by atoms with van der Waals surface area (Å²) in [6.45, 7) is 44.2. The van der Waals surface area contributed by atoms with E-state index in [4.69, 9.17) is 42.6 Å². The molecule has 0 aromatic heterocycles. The lowest BCUT2D eigenvalue weighted by atomic mass is 9.79. The van der Waals surface area contributed by atoms with E-state index >= 15 is 0 Å². The SMILES string of the molecule is CC(C)(C)c1cc2c(O)c(c1)Cc1cc(C(C)(C)C)cc3c1OCCOCCOCCOCCOc1c4cc(C(C)(C)C)cc1Cc1cc(C(C)(C)C)cc(c1OCCOc1ccccc1OCCOc1c(cc(C(C)(C)C)cc1Cc1cc(C(C)(C)C)cc(c1O)C4)C2)C3. The molecule has 7 aromatic carbocycles. The zero-order chi connectivity index (χ0) is 68.4. The molecule has 95 heavy (non-hydrogen) atoms. The Morgan fingerprint density at radius 3 is 0.611 bits per heavy atom. The van der Waals surface area contributed by atoms with Gasteiger partial charge in [0.1, 0.15) is 74.1 Å². The zero-order valence-electron chi connectivity index (χ0n) is 60.5. The van der Waals surface area contributed by atoms with Gasteiger partial charge in [-0.2, -0.15) is 0 Å². The Hall–Kier alpha value is -7.18. The first kappa shape index (κ1) is 70.6. The van der Waals surface area contributed by atoms with Crippen molar-refractivity contribution in [2.45, 2.75) is 196 Å². The minimum Gasteiger partial charge on any atom is -0.507 e. The van der Waals surface area contributed by atoms with E-state index < -0.39 is 0 Å². The molecule has 0 atom stereocenters. The molecule has 0 unspecified atom stereocenters. The lowest BCUT2D eigenvalue weighted by Crippen LogP contribution is -2.19. The molecule has 3 aliphatic heterocycles. The van der Waals surface area contributed by atoms with Crippen LogP contribution in [0.5, 0.6) is 46.0 Å². The van der Waals surface area contributed by atoms with Gasteiger partial charge in [0.15, 0.2) is 11.5 Å². The van der Waals surface area contributed by atoms with Crippen molar-refractivity contribution in [2.24, 2.45) is 0 Å². The van der Waals surface area contributed by atoms with Crippen molar-refractivity contribution in [3.05, 3.63) is 197 Å². The standard InChI is InChI=1S/C84H108O11/c1-79(2,3)65-41-53-35-57-45-67(81(7,8)9)46-58-36-54-42-66(80(4,5)6)44-56(74(54)86)38-60-48-69(83(13,14)15)50-62-40-64-52-70(84(16,17)18)51-63(78(64)95-34-32-91-72-22-20-19-21-71(72)90-31-33-94-75(57)58)39-61-49-68(82(10,11)12)47-59(37-55(43-65)73(53)85)76(61)92-29-27-88-25-23-87-24-26-89-28-30-93-77(60)62/h19-22,41-52,85-86H,23-40H2,1-18H3. The number of benzene rings is 7. The van der Waals surface area contributed by atoms with Gasteiger partial charge in [-0.1, -0.05) is 210 Å². The fourth-order valence-electron chi connectivity index (χ4n) is 12.9. The molecular formula is C84H108O11. The lowest BCUT2D eigenvalue weighted by molar-refractivity contribution is 0.00484. The van der Waals surface area contributed by atoms with Gasteiger partial charge in [-0.25, -0.2) is 0 Å². The second-order valence-corrected chi connectivity index (χ2v) is 32.7. The van der Waals surface area contributed by atoms with Gasteiger partial charge in [-0.05, 0) is 145 Å². The quantitative estimate of drug-likeness (QED) is 0.151. The number of hydrogen-bond donors (Lipinski definition) is 2. The molecule has 2 N–H and O–H groups in total. The van der Waals surface area contributed by atoms with Crippen LogP contribution in [0.1, 0.15) is 225 Å². The summed E-state index contributed by atoms with van der Waals surface area (Å²) in [7, 11) is 0. The van der Waals surface area contributed by atoms with Crippen LogP contribution in [0.3, 0.4) is 0 Å². The van der Waals surface area contributed by atoms with Crippen molar-refractivity contribution in [3.63, 3.8) is 0 Å². The summed E-state index contributed by atoms with van der Waals surface area (Å²) in [4.78, 5) is 0. The van der Waals surface area contributed by atoms with Crippen molar-refractivity contribution < 1.29 is 52.8 Å². The molecular weight excluding hydrogens is 1180 g/mol. The average molecular weight is 1290 g/mol. The van der Waals surface area contributed by atoms with Gasteiger partial charge in [0, 0.05) is 38.5 Å². The van der Waals surface area contributed by atoms with Gasteiger partial charge < -0.3 is 52.8 Å². The number of aromatic hydroxyl groups is 2. The van der Waals surface area contributed by atoms with Crippen LogP contribution in [0.4, 0.5) is 0 Å². The first-order valence-corrected chi connectivity index (χ1v) is 34.6. The highest BCUT2D eigenvalue weighted by Crippen LogP contribution is 2.46. The largest absolute Gasteiger partial charge is 0.507 e. The molecule has 0 aliphatic carbocycles. The number of fused-ring (bicyclic) bond motifs is 10. The van der Waals surface area contributed by atoms with Crippen molar-refractivity contribution in [1.82, 2.24) is 0 Å². The molecule has 0 fully saturated rings. The molecule has 3 aliphatic rings. The van der Waals surface area contributed by atoms with Gasteiger partial charge >= 0.3 is 0 Å². The third-order valence-corrected chi connectivity index (χ3v) is 18.7. The van der Waals surface area contributed by atoms with Gasteiger partial charge in [0.25, 0.3) is 0 Å². The molecule has 0 spiro atoms. The van der Waals surface area contributed by atoms with Gasteiger partial charge in [0.2, 0.25) is 0 Å². The molecule has 11 heteroatoms. The monoisotopic (exact) mass is 1290 g/mol. The van der Waals surface area contributed by atoms with Crippen molar-refractivity contribution in [2.75, 3.05) is 79.3 Å². The van der Waals surface area contributed by atoms with E-state index in [2.05, 4.69) is 197 Å². The van der Waals surface area contributed by atoms with Gasteiger partial charge in [0.05, 0.1) is 39.6 Å². The number of phenols is 2. The Balaban J connectivity index is 1.37. The van der Waals surface area contributed by atoms with Gasteiger partial charge in [-0.15, -0.1) is 0 Å². The van der Waals surface area contributed by atoms with Crippen LogP contribution in [0.25, 0.3) is 0 Å². The smallest absolute Gasteiger partial charge is 0.161 e. The van der Waals surface area contributed by atoms with Crippen LogP contribution < -0.4 is 28.4 Å². The first-order valence-electron chi connectivity index (χ1n) is 34.6. The summed E-state index contributed by atoms with van der Waals surface area (Å²) in [6, 6.07) is 35.0. The number of para-hydroxylation sites is 2. The number of ether oxygens (including phenoxy) is 9. The zero-order valence-corrected chi connectivity index (χ0v) is 60.5. The molecule has 10 rings (SSSR count). The van der Waals surface area contributed by atoms with Crippen LogP contribution in [-0.4, -0.2) is 89.5 Å². The van der Waals surface area contributed by atoms with Crippen LogP contribution in [0.15, 0.2) is 97.1 Å². The lowest BCUT2D eigenvalue weighted by Gasteiger charge is -2.28. The minimum atomic E-state index is -0.306. The van der Waals surface area contributed by atoms with Crippen LogP contribution in [0, 0.1) is 0 Å². The van der Waals surface area contributed by atoms with Gasteiger partial charge in [-0.3, -0.25) is 0 Å². The normalized spacial score (nSPS) is 16.2.